The summed E-state index contributed by atoms with van der Waals surface area (Å²) in [4.78, 5) is 18.3. The predicted octanol–water partition coefficient (Wildman–Crippen LogP) is 1.63. The van der Waals surface area contributed by atoms with E-state index in [4.69, 9.17) is 4.74 Å². The third-order valence-electron chi connectivity index (χ3n) is 3.75. The van der Waals surface area contributed by atoms with Gasteiger partial charge in [-0.2, -0.15) is 0 Å². The van der Waals surface area contributed by atoms with Gasteiger partial charge in [-0.05, 0) is 18.1 Å². The number of guanidine groups is 1. The van der Waals surface area contributed by atoms with Crippen LogP contribution in [0.25, 0.3) is 0 Å². The molecule has 1 saturated heterocycles. The number of hydrogen-bond donors (Lipinski definition) is 2. The lowest BCUT2D eigenvalue weighted by Gasteiger charge is -2.19. The van der Waals surface area contributed by atoms with Gasteiger partial charge in [0.1, 0.15) is 0 Å². The maximum Gasteiger partial charge on any atom is 0.229 e. The van der Waals surface area contributed by atoms with E-state index in [9.17, 15) is 4.79 Å². The minimum atomic E-state index is 0.0560. The van der Waals surface area contributed by atoms with E-state index in [1.165, 1.54) is 0 Å². The van der Waals surface area contributed by atoms with Gasteiger partial charge in [0.25, 0.3) is 0 Å². The summed E-state index contributed by atoms with van der Waals surface area (Å²) in [5.74, 6) is 1.38. The molecule has 0 aromatic heterocycles. The van der Waals surface area contributed by atoms with E-state index in [2.05, 4.69) is 29.5 Å². The molecule has 1 aliphatic rings. The lowest BCUT2D eigenvalue weighted by Crippen LogP contribution is -2.45. The standard InChI is InChI=1S/C18H28N4O2/c1-14(2)13-24-10-9-20-18(19-3)21-15-11-17(23)22(12-15)16-7-5-4-6-8-16/h4-8,14-15H,9-13H2,1-3H3,(H2,19,20,21). The molecule has 0 bridgehead atoms. The van der Waals surface area contributed by atoms with Crippen LogP contribution in [0, 0.1) is 5.92 Å². The molecule has 1 aliphatic heterocycles. The molecule has 6 heteroatoms. The predicted molar refractivity (Wildman–Crippen MR) is 97.4 cm³/mol. The van der Waals surface area contributed by atoms with E-state index < -0.39 is 0 Å². The molecule has 0 radical (unpaired) electrons. The summed E-state index contributed by atoms with van der Waals surface area (Å²) in [5.41, 5.74) is 0.942. The fourth-order valence-electron chi connectivity index (χ4n) is 2.61. The van der Waals surface area contributed by atoms with Gasteiger partial charge >= 0.3 is 0 Å². The van der Waals surface area contributed by atoms with Gasteiger partial charge in [0.15, 0.2) is 5.96 Å². The number of aliphatic imine (C=N–C) groups is 1. The SMILES string of the molecule is CN=C(NCCOCC(C)C)NC1CC(=O)N(c2ccccc2)C1. The number of nitrogens with zero attached hydrogens (tertiary/aromatic N) is 2. The van der Waals surface area contributed by atoms with Crippen LogP contribution >= 0.6 is 0 Å². The van der Waals surface area contributed by atoms with Crippen molar-refractivity contribution in [3.05, 3.63) is 30.3 Å². The van der Waals surface area contributed by atoms with Crippen molar-refractivity contribution in [1.29, 1.82) is 0 Å². The summed E-state index contributed by atoms with van der Waals surface area (Å²) < 4.78 is 5.54. The van der Waals surface area contributed by atoms with E-state index in [0.717, 1.165) is 12.3 Å². The number of carbonyl (C=O) groups excluding carboxylic acids is 1. The van der Waals surface area contributed by atoms with Gasteiger partial charge in [-0.25, -0.2) is 0 Å². The van der Waals surface area contributed by atoms with Crippen molar-refractivity contribution in [1.82, 2.24) is 10.6 Å². The zero-order valence-electron chi connectivity index (χ0n) is 14.8. The fraction of sp³-hybridized carbons (Fsp3) is 0.556. The first-order valence-corrected chi connectivity index (χ1v) is 8.50. The van der Waals surface area contributed by atoms with Gasteiger partial charge in [0.2, 0.25) is 5.91 Å². The highest BCUT2D eigenvalue weighted by atomic mass is 16.5. The van der Waals surface area contributed by atoms with Crippen LogP contribution in [-0.4, -0.2) is 51.3 Å². The molecule has 1 unspecified atom stereocenters. The maximum absolute atomic E-state index is 12.2. The van der Waals surface area contributed by atoms with Gasteiger partial charge in [-0.1, -0.05) is 32.0 Å². The molecular formula is C18H28N4O2. The van der Waals surface area contributed by atoms with Crippen LogP contribution in [0.5, 0.6) is 0 Å². The first kappa shape index (κ1) is 18.3. The molecule has 0 spiro atoms. The summed E-state index contributed by atoms with van der Waals surface area (Å²) in [6, 6.07) is 9.81. The molecule has 1 aromatic rings. The summed E-state index contributed by atoms with van der Waals surface area (Å²) in [5, 5.41) is 6.54. The molecular weight excluding hydrogens is 304 g/mol. The van der Waals surface area contributed by atoms with Gasteiger partial charge in [0.05, 0.1) is 12.6 Å². The van der Waals surface area contributed by atoms with Gasteiger partial charge in [-0.15, -0.1) is 0 Å². The van der Waals surface area contributed by atoms with E-state index in [-0.39, 0.29) is 11.9 Å². The Morgan fingerprint density at radius 3 is 2.79 bits per heavy atom. The lowest BCUT2D eigenvalue weighted by atomic mass is 10.2. The van der Waals surface area contributed by atoms with Crippen LogP contribution in [0.3, 0.4) is 0 Å². The highest BCUT2D eigenvalue weighted by molar-refractivity contribution is 5.97. The monoisotopic (exact) mass is 332 g/mol. The first-order chi connectivity index (χ1) is 11.6. The van der Waals surface area contributed by atoms with Crippen molar-refractivity contribution in [2.75, 3.05) is 38.3 Å². The smallest absolute Gasteiger partial charge is 0.229 e. The number of hydrogen-bond acceptors (Lipinski definition) is 3. The molecule has 1 fully saturated rings. The molecule has 0 aliphatic carbocycles. The average Bonchev–Trinajstić information content (AvgIpc) is 2.94. The number of amides is 1. The Morgan fingerprint density at radius 1 is 1.38 bits per heavy atom. The number of para-hydroxylation sites is 1. The van der Waals surface area contributed by atoms with Crippen LogP contribution < -0.4 is 15.5 Å². The van der Waals surface area contributed by atoms with Crippen LogP contribution in [0.4, 0.5) is 5.69 Å². The normalized spacial score (nSPS) is 18.3. The molecule has 24 heavy (non-hydrogen) atoms. The number of anilines is 1. The molecule has 132 valence electrons. The van der Waals surface area contributed by atoms with Crippen LogP contribution in [0.2, 0.25) is 0 Å². The second kappa shape index (κ2) is 9.27. The third-order valence-corrected chi connectivity index (χ3v) is 3.75. The van der Waals surface area contributed by atoms with Gasteiger partial charge < -0.3 is 20.3 Å². The van der Waals surface area contributed by atoms with Gasteiger partial charge in [0, 0.05) is 38.9 Å². The highest BCUT2D eigenvalue weighted by Gasteiger charge is 2.30. The van der Waals surface area contributed by atoms with Gasteiger partial charge in [-0.3, -0.25) is 9.79 Å². The third kappa shape index (κ3) is 5.53. The Kier molecular flexibility index (Phi) is 7.06. The zero-order valence-corrected chi connectivity index (χ0v) is 14.8. The number of benzene rings is 1. The summed E-state index contributed by atoms with van der Waals surface area (Å²) in [6.45, 7) is 6.99. The molecule has 6 nitrogen and oxygen atoms in total. The summed E-state index contributed by atoms with van der Waals surface area (Å²) >= 11 is 0. The first-order valence-electron chi connectivity index (χ1n) is 8.50. The number of rotatable bonds is 7. The molecule has 1 heterocycles. The molecule has 1 amide bonds. The van der Waals surface area contributed by atoms with Crippen molar-refractivity contribution in [3.8, 4) is 0 Å². The second-order valence-electron chi connectivity index (χ2n) is 6.35. The average molecular weight is 332 g/mol. The van der Waals surface area contributed by atoms with Crippen LogP contribution in [0.15, 0.2) is 35.3 Å². The Labute approximate surface area is 144 Å². The van der Waals surface area contributed by atoms with E-state index in [0.29, 0.717) is 38.0 Å². The lowest BCUT2D eigenvalue weighted by molar-refractivity contribution is -0.117. The second-order valence-corrected chi connectivity index (χ2v) is 6.35. The van der Waals surface area contributed by atoms with Crippen molar-refractivity contribution in [3.63, 3.8) is 0 Å². The van der Waals surface area contributed by atoms with Crippen molar-refractivity contribution in [2.24, 2.45) is 10.9 Å². The Bertz CT molecular complexity index is 545. The highest BCUT2D eigenvalue weighted by Crippen LogP contribution is 2.20. The van der Waals surface area contributed by atoms with E-state index in [1.54, 1.807) is 7.05 Å². The van der Waals surface area contributed by atoms with E-state index in [1.807, 2.05) is 35.2 Å². The Morgan fingerprint density at radius 2 is 2.12 bits per heavy atom. The molecule has 1 atom stereocenters. The van der Waals surface area contributed by atoms with Crippen LogP contribution in [0.1, 0.15) is 20.3 Å². The summed E-state index contributed by atoms with van der Waals surface area (Å²) in [6.07, 6.45) is 0.472. The number of nitrogens with one attached hydrogen (secondary N) is 2. The Balaban J connectivity index is 1.77. The van der Waals surface area contributed by atoms with E-state index >= 15 is 0 Å². The maximum atomic E-state index is 12.2. The molecule has 2 N–H and O–H groups in total. The van der Waals surface area contributed by atoms with Crippen molar-refractivity contribution in [2.45, 2.75) is 26.3 Å². The largest absolute Gasteiger partial charge is 0.379 e. The zero-order chi connectivity index (χ0) is 17.4. The topological polar surface area (TPSA) is 66.0 Å². The minimum absolute atomic E-state index is 0.0560. The Hall–Kier alpha value is -2.08. The van der Waals surface area contributed by atoms with Crippen molar-refractivity contribution < 1.29 is 9.53 Å². The number of carbonyl (C=O) groups is 1. The molecule has 2 rings (SSSR count). The molecule has 0 saturated carbocycles. The number of ether oxygens (including phenoxy) is 1. The minimum Gasteiger partial charge on any atom is -0.379 e. The quantitative estimate of drug-likeness (QED) is 0.452. The summed E-state index contributed by atoms with van der Waals surface area (Å²) in [7, 11) is 1.73. The van der Waals surface area contributed by atoms with Crippen molar-refractivity contribution >= 4 is 17.6 Å². The molecule has 1 aromatic carbocycles. The fourth-order valence-corrected chi connectivity index (χ4v) is 2.61. The van der Waals surface area contributed by atoms with Crippen LogP contribution in [-0.2, 0) is 9.53 Å².